The van der Waals surface area contributed by atoms with Crippen LogP contribution in [0.2, 0.25) is 0 Å². The van der Waals surface area contributed by atoms with E-state index >= 15 is 0 Å². The van der Waals surface area contributed by atoms with Crippen LogP contribution in [0.15, 0.2) is 47.7 Å². The van der Waals surface area contributed by atoms with Crippen LogP contribution in [0.4, 0.5) is 0 Å². The Bertz CT molecular complexity index is 579. The van der Waals surface area contributed by atoms with Crippen molar-refractivity contribution in [2.24, 2.45) is 4.99 Å². The van der Waals surface area contributed by atoms with Gasteiger partial charge in [-0.3, -0.25) is 4.99 Å². The number of aliphatic imine (C=N–C) groups is 1. The number of rotatable bonds is 7. The Hall–Kier alpha value is -1.95. The molecular formula is C16H23N5S. The van der Waals surface area contributed by atoms with E-state index in [1.54, 1.807) is 7.05 Å². The predicted octanol–water partition coefficient (Wildman–Crippen LogP) is 1.96. The van der Waals surface area contributed by atoms with Gasteiger partial charge in [-0.15, -0.1) is 0 Å². The summed E-state index contributed by atoms with van der Waals surface area (Å²) in [6.45, 7) is 2.38. The maximum atomic E-state index is 4.43. The van der Waals surface area contributed by atoms with Gasteiger partial charge in [0.05, 0.1) is 6.54 Å². The summed E-state index contributed by atoms with van der Waals surface area (Å²) in [6.07, 6.45) is 5.94. The Morgan fingerprint density at radius 1 is 1.27 bits per heavy atom. The van der Waals surface area contributed by atoms with Crippen LogP contribution in [-0.4, -0.2) is 41.1 Å². The predicted molar refractivity (Wildman–Crippen MR) is 94.4 cm³/mol. The van der Waals surface area contributed by atoms with Crippen LogP contribution >= 0.6 is 11.8 Å². The highest BCUT2D eigenvalue weighted by Gasteiger charge is 2.05. The fraction of sp³-hybridized carbons (Fsp3) is 0.375. The van der Waals surface area contributed by atoms with Gasteiger partial charge in [-0.25, -0.2) is 4.98 Å². The molecule has 0 fully saturated rings. The smallest absolute Gasteiger partial charge is 0.191 e. The minimum absolute atomic E-state index is 0.652. The summed E-state index contributed by atoms with van der Waals surface area (Å²) in [6, 6.07) is 10.4. The Labute approximate surface area is 136 Å². The summed E-state index contributed by atoms with van der Waals surface area (Å²) >= 11 is 1.81. The van der Waals surface area contributed by atoms with Gasteiger partial charge in [-0.05, 0) is 11.8 Å². The van der Waals surface area contributed by atoms with Crippen molar-refractivity contribution in [1.82, 2.24) is 20.2 Å². The first-order chi connectivity index (χ1) is 10.8. The molecule has 1 heterocycles. The lowest BCUT2D eigenvalue weighted by atomic mass is 10.2. The molecule has 6 heteroatoms. The Kier molecular flexibility index (Phi) is 6.83. The molecule has 0 spiro atoms. The Balaban J connectivity index is 1.89. The molecule has 0 aliphatic heterocycles. The summed E-state index contributed by atoms with van der Waals surface area (Å²) in [5.74, 6) is 2.86. The second-order valence-electron chi connectivity index (χ2n) is 4.80. The normalized spacial score (nSPS) is 11.5. The molecule has 0 aliphatic rings. The van der Waals surface area contributed by atoms with Crippen molar-refractivity contribution in [1.29, 1.82) is 0 Å². The van der Waals surface area contributed by atoms with E-state index in [2.05, 4.69) is 55.7 Å². The maximum absolute atomic E-state index is 4.43. The van der Waals surface area contributed by atoms with E-state index in [9.17, 15) is 0 Å². The molecule has 22 heavy (non-hydrogen) atoms. The summed E-state index contributed by atoms with van der Waals surface area (Å²) in [7, 11) is 1.78. The van der Waals surface area contributed by atoms with Gasteiger partial charge in [0.1, 0.15) is 5.82 Å². The second kappa shape index (κ2) is 9.15. The number of nitrogens with zero attached hydrogens (tertiary/aromatic N) is 3. The number of nitrogens with one attached hydrogen (secondary N) is 2. The minimum Gasteiger partial charge on any atom is -0.356 e. The van der Waals surface area contributed by atoms with E-state index in [-0.39, 0.29) is 0 Å². The van der Waals surface area contributed by atoms with Gasteiger partial charge in [0.15, 0.2) is 5.96 Å². The Morgan fingerprint density at radius 3 is 2.82 bits per heavy atom. The fourth-order valence-corrected chi connectivity index (χ4v) is 2.39. The summed E-state index contributed by atoms with van der Waals surface area (Å²) in [5.41, 5.74) is 1.27. The zero-order valence-electron chi connectivity index (χ0n) is 13.1. The zero-order valence-corrected chi connectivity index (χ0v) is 13.9. The average molecular weight is 317 g/mol. The molecule has 2 N–H and O–H groups in total. The van der Waals surface area contributed by atoms with Crippen molar-refractivity contribution in [2.75, 3.05) is 25.6 Å². The monoisotopic (exact) mass is 317 g/mol. The number of thioether (sulfide) groups is 1. The van der Waals surface area contributed by atoms with E-state index in [1.807, 2.05) is 30.2 Å². The zero-order chi connectivity index (χ0) is 15.6. The first kappa shape index (κ1) is 16.4. The fourth-order valence-electron chi connectivity index (χ4n) is 2.09. The van der Waals surface area contributed by atoms with Gasteiger partial charge in [0, 0.05) is 38.3 Å². The standard InChI is InChI=1S/C16H23N5S/c1-17-16(19-9-11-22-2)20-12-15-18-8-10-21(15)13-14-6-4-3-5-7-14/h3-8,10H,9,11-13H2,1-2H3,(H2,17,19,20). The quantitative estimate of drug-likeness (QED) is 0.466. The van der Waals surface area contributed by atoms with E-state index in [4.69, 9.17) is 0 Å². The molecule has 0 bridgehead atoms. The van der Waals surface area contributed by atoms with Crippen LogP contribution in [0, 0.1) is 0 Å². The average Bonchev–Trinajstić information content (AvgIpc) is 2.99. The van der Waals surface area contributed by atoms with E-state index < -0.39 is 0 Å². The number of hydrogen-bond donors (Lipinski definition) is 2. The van der Waals surface area contributed by atoms with Crippen LogP contribution in [0.25, 0.3) is 0 Å². The van der Waals surface area contributed by atoms with Gasteiger partial charge in [-0.2, -0.15) is 11.8 Å². The van der Waals surface area contributed by atoms with Crippen molar-refractivity contribution in [3.05, 3.63) is 54.1 Å². The third-order valence-corrected chi connectivity index (χ3v) is 3.85. The third-order valence-electron chi connectivity index (χ3n) is 3.23. The first-order valence-corrected chi connectivity index (χ1v) is 8.70. The number of guanidine groups is 1. The topological polar surface area (TPSA) is 54.2 Å². The van der Waals surface area contributed by atoms with E-state index in [1.165, 1.54) is 5.56 Å². The minimum atomic E-state index is 0.652. The lowest BCUT2D eigenvalue weighted by Crippen LogP contribution is -2.38. The van der Waals surface area contributed by atoms with Gasteiger partial charge < -0.3 is 15.2 Å². The third kappa shape index (κ3) is 5.11. The molecule has 5 nitrogen and oxygen atoms in total. The highest BCUT2D eigenvalue weighted by molar-refractivity contribution is 7.98. The molecule has 0 unspecified atom stereocenters. The molecule has 2 aromatic rings. The lowest BCUT2D eigenvalue weighted by molar-refractivity contribution is 0.690. The van der Waals surface area contributed by atoms with Crippen molar-refractivity contribution in [2.45, 2.75) is 13.1 Å². The lowest BCUT2D eigenvalue weighted by Gasteiger charge is -2.12. The number of aromatic nitrogens is 2. The Morgan fingerprint density at radius 2 is 2.09 bits per heavy atom. The summed E-state index contributed by atoms with van der Waals surface area (Å²) < 4.78 is 2.15. The largest absolute Gasteiger partial charge is 0.356 e. The molecule has 118 valence electrons. The molecule has 0 amide bonds. The van der Waals surface area contributed by atoms with Crippen molar-refractivity contribution in [3.8, 4) is 0 Å². The van der Waals surface area contributed by atoms with Gasteiger partial charge in [0.2, 0.25) is 0 Å². The first-order valence-electron chi connectivity index (χ1n) is 7.31. The summed E-state index contributed by atoms with van der Waals surface area (Å²) in [4.78, 5) is 8.65. The molecular weight excluding hydrogens is 294 g/mol. The molecule has 1 aromatic carbocycles. The van der Waals surface area contributed by atoms with Crippen LogP contribution in [0.5, 0.6) is 0 Å². The number of benzene rings is 1. The van der Waals surface area contributed by atoms with Gasteiger partial charge >= 0.3 is 0 Å². The van der Waals surface area contributed by atoms with Gasteiger partial charge in [0.25, 0.3) is 0 Å². The highest BCUT2D eigenvalue weighted by Crippen LogP contribution is 2.05. The van der Waals surface area contributed by atoms with Crippen LogP contribution in [-0.2, 0) is 13.1 Å². The molecule has 0 atom stereocenters. The van der Waals surface area contributed by atoms with Gasteiger partial charge in [-0.1, -0.05) is 30.3 Å². The van der Waals surface area contributed by atoms with Crippen molar-refractivity contribution >= 4 is 17.7 Å². The summed E-state index contributed by atoms with van der Waals surface area (Å²) in [5, 5.41) is 6.59. The molecule has 2 rings (SSSR count). The van der Waals surface area contributed by atoms with Crippen molar-refractivity contribution in [3.63, 3.8) is 0 Å². The van der Waals surface area contributed by atoms with E-state index in [0.717, 1.165) is 30.6 Å². The molecule has 0 saturated carbocycles. The SMILES string of the molecule is CN=C(NCCSC)NCc1nccn1Cc1ccccc1. The maximum Gasteiger partial charge on any atom is 0.191 e. The molecule has 0 saturated heterocycles. The van der Waals surface area contributed by atoms with Crippen LogP contribution in [0.1, 0.15) is 11.4 Å². The van der Waals surface area contributed by atoms with E-state index in [0.29, 0.717) is 6.54 Å². The molecule has 1 aromatic heterocycles. The van der Waals surface area contributed by atoms with Crippen molar-refractivity contribution < 1.29 is 0 Å². The van der Waals surface area contributed by atoms with Crippen LogP contribution in [0.3, 0.4) is 0 Å². The molecule has 0 aliphatic carbocycles. The number of hydrogen-bond acceptors (Lipinski definition) is 3. The van der Waals surface area contributed by atoms with Crippen LogP contribution < -0.4 is 10.6 Å². The molecule has 0 radical (unpaired) electrons. The highest BCUT2D eigenvalue weighted by atomic mass is 32.2. The number of imidazole rings is 1. The second-order valence-corrected chi connectivity index (χ2v) is 5.79.